The number of aliphatic hydroxyl groups excluding tert-OH is 1. The van der Waals surface area contributed by atoms with E-state index in [9.17, 15) is 13.2 Å². The van der Waals surface area contributed by atoms with Gasteiger partial charge in [-0.25, -0.2) is 13.2 Å². The SMILES string of the molecule is CC(C)N(CCO)S(=O)(=O)c1ccc(Cl)c(C(=O)O)c1Cl. The summed E-state index contributed by atoms with van der Waals surface area (Å²) in [6, 6.07) is 1.89. The number of hydrogen-bond acceptors (Lipinski definition) is 4. The lowest BCUT2D eigenvalue weighted by Crippen LogP contribution is -2.39. The molecule has 0 aliphatic carbocycles. The molecule has 0 amide bonds. The Hall–Kier alpha value is -0.860. The molecule has 21 heavy (non-hydrogen) atoms. The summed E-state index contributed by atoms with van der Waals surface area (Å²) < 4.78 is 26.2. The van der Waals surface area contributed by atoms with Crippen LogP contribution in [0.1, 0.15) is 24.2 Å². The number of hydrogen-bond donors (Lipinski definition) is 2. The quantitative estimate of drug-likeness (QED) is 0.814. The first-order valence-corrected chi connectivity index (χ1v) is 8.18. The summed E-state index contributed by atoms with van der Waals surface area (Å²) in [7, 11) is -4.05. The third-order valence-electron chi connectivity index (χ3n) is 2.75. The van der Waals surface area contributed by atoms with Gasteiger partial charge in [0.1, 0.15) is 4.90 Å². The van der Waals surface area contributed by atoms with Gasteiger partial charge < -0.3 is 10.2 Å². The van der Waals surface area contributed by atoms with Gasteiger partial charge in [-0.1, -0.05) is 23.2 Å². The summed E-state index contributed by atoms with van der Waals surface area (Å²) in [5.74, 6) is -1.42. The second kappa shape index (κ2) is 6.93. The van der Waals surface area contributed by atoms with Crippen LogP contribution < -0.4 is 0 Å². The van der Waals surface area contributed by atoms with Gasteiger partial charge in [-0.2, -0.15) is 4.31 Å². The smallest absolute Gasteiger partial charge is 0.338 e. The molecule has 0 unspecified atom stereocenters. The van der Waals surface area contributed by atoms with Crippen molar-refractivity contribution in [1.82, 2.24) is 4.31 Å². The maximum absolute atomic E-state index is 12.6. The number of nitrogens with zero attached hydrogens (tertiary/aromatic N) is 1. The fraction of sp³-hybridized carbons (Fsp3) is 0.417. The van der Waals surface area contributed by atoms with Crippen molar-refractivity contribution in [1.29, 1.82) is 0 Å². The van der Waals surface area contributed by atoms with Gasteiger partial charge in [-0.15, -0.1) is 0 Å². The molecule has 0 saturated carbocycles. The van der Waals surface area contributed by atoms with Crippen LogP contribution in [0.25, 0.3) is 0 Å². The van der Waals surface area contributed by atoms with Crippen LogP contribution in [0.3, 0.4) is 0 Å². The van der Waals surface area contributed by atoms with E-state index in [1.165, 1.54) is 6.07 Å². The number of halogens is 2. The van der Waals surface area contributed by atoms with E-state index in [2.05, 4.69) is 0 Å². The third kappa shape index (κ3) is 3.67. The van der Waals surface area contributed by atoms with Gasteiger partial charge in [0.05, 0.1) is 22.2 Å². The van der Waals surface area contributed by atoms with Gasteiger partial charge in [-0.3, -0.25) is 0 Å². The summed E-state index contributed by atoms with van der Waals surface area (Å²) in [6.07, 6.45) is 0. The predicted molar refractivity (Wildman–Crippen MR) is 79.5 cm³/mol. The van der Waals surface area contributed by atoms with Crippen LogP contribution in [0.5, 0.6) is 0 Å². The highest BCUT2D eigenvalue weighted by Crippen LogP contribution is 2.33. The van der Waals surface area contributed by atoms with Crippen LogP contribution in [-0.2, 0) is 10.0 Å². The molecule has 1 rings (SSSR count). The van der Waals surface area contributed by atoms with Crippen LogP contribution in [0.4, 0.5) is 0 Å². The summed E-state index contributed by atoms with van der Waals surface area (Å²) in [6.45, 7) is 2.78. The molecule has 9 heteroatoms. The molecule has 1 aromatic carbocycles. The third-order valence-corrected chi connectivity index (χ3v) is 5.69. The minimum Gasteiger partial charge on any atom is -0.478 e. The summed E-state index contributed by atoms with van der Waals surface area (Å²) in [5, 5.41) is 17.5. The topological polar surface area (TPSA) is 94.9 Å². The zero-order chi connectivity index (χ0) is 16.4. The highest BCUT2D eigenvalue weighted by Gasteiger charge is 2.31. The Labute approximate surface area is 132 Å². The van der Waals surface area contributed by atoms with Crippen LogP contribution in [-0.4, -0.2) is 48.1 Å². The number of carboxylic acids is 1. The van der Waals surface area contributed by atoms with Gasteiger partial charge in [0.2, 0.25) is 10.0 Å². The van der Waals surface area contributed by atoms with Crippen LogP contribution in [0.2, 0.25) is 10.0 Å². The standard InChI is InChI=1S/C12H15Cl2NO5S/c1-7(2)15(5-6-16)21(19,20)9-4-3-8(13)10(11(9)14)12(17)18/h3-4,7,16H,5-6H2,1-2H3,(H,17,18). The lowest BCUT2D eigenvalue weighted by atomic mass is 10.2. The Morgan fingerprint density at radius 3 is 2.33 bits per heavy atom. The molecule has 0 aromatic heterocycles. The number of benzene rings is 1. The molecule has 0 saturated heterocycles. The minimum absolute atomic E-state index is 0.124. The monoisotopic (exact) mass is 355 g/mol. The average molecular weight is 356 g/mol. The number of rotatable bonds is 6. The number of sulfonamides is 1. The van der Waals surface area contributed by atoms with Crippen molar-refractivity contribution in [2.24, 2.45) is 0 Å². The maximum Gasteiger partial charge on any atom is 0.338 e. The molecule has 0 fully saturated rings. The number of carbonyl (C=O) groups is 1. The van der Waals surface area contributed by atoms with E-state index in [0.29, 0.717) is 0 Å². The Morgan fingerprint density at radius 1 is 1.33 bits per heavy atom. The highest BCUT2D eigenvalue weighted by atomic mass is 35.5. The molecule has 6 nitrogen and oxygen atoms in total. The fourth-order valence-electron chi connectivity index (χ4n) is 1.81. The molecule has 0 radical (unpaired) electrons. The number of aromatic carboxylic acids is 1. The highest BCUT2D eigenvalue weighted by molar-refractivity contribution is 7.89. The number of carboxylic acid groups (broad SMARTS) is 1. The molecule has 0 heterocycles. The molecule has 0 aliphatic rings. The van der Waals surface area contributed by atoms with Crippen molar-refractivity contribution in [2.75, 3.05) is 13.2 Å². The van der Waals surface area contributed by atoms with Gasteiger partial charge in [0, 0.05) is 12.6 Å². The van der Waals surface area contributed by atoms with E-state index in [1.807, 2.05) is 0 Å². The molecule has 0 atom stereocenters. The molecule has 118 valence electrons. The number of aliphatic hydroxyl groups is 1. The van der Waals surface area contributed by atoms with E-state index in [-0.39, 0.29) is 23.1 Å². The van der Waals surface area contributed by atoms with Gasteiger partial charge in [0.25, 0.3) is 0 Å². The lowest BCUT2D eigenvalue weighted by molar-refractivity contribution is 0.0697. The van der Waals surface area contributed by atoms with Crippen molar-refractivity contribution >= 4 is 39.2 Å². The average Bonchev–Trinajstić information content (AvgIpc) is 2.34. The van der Waals surface area contributed by atoms with E-state index in [4.69, 9.17) is 33.4 Å². The van der Waals surface area contributed by atoms with Crippen molar-refractivity contribution in [3.63, 3.8) is 0 Å². The van der Waals surface area contributed by atoms with E-state index < -0.39 is 32.6 Å². The molecule has 0 bridgehead atoms. The fourth-order valence-corrected chi connectivity index (χ4v) is 4.33. The van der Waals surface area contributed by atoms with Crippen molar-refractivity contribution < 1.29 is 23.4 Å². The summed E-state index contributed by atoms with van der Waals surface area (Å²) >= 11 is 11.6. The van der Waals surface area contributed by atoms with E-state index >= 15 is 0 Å². The van der Waals surface area contributed by atoms with Crippen LogP contribution >= 0.6 is 23.2 Å². The van der Waals surface area contributed by atoms with Gasteiger partial charge in [0.15, 0.2) is 0 Å². The van der Waals surface area contributed by atoms with Crippen molar-refractivity contribution in [3.05, 3.63) is 27.7 Å². The Bertz CT molecular complexity index is 645. The Balaban J connectivity index is 3.52. The minimum atomic E-state index is -4.05. The molecular weight excluding hydrogens is 341 g/mol. The lowest BCUT2D eigenvalue weighted by Gasteiger charge is -2.25. The molecule has 0 spiro atoms. The molecule has 2 N–H and O–H groups in total. The molecule has 1 aromatic rings. The summed E-state index contributed by atoms with van der Waals surface area (Å²) in [4.78, 5) is 10.8. The molecule has 0 aliphatic heterocycles. The maximum atomic E-state index is 12.6. The zero-order valence-electron chi connectivity index (χ0n) is 11.4. The Morgan fingerprint density at radius 2 is 1.90 bits per heavy atom. The normalized spacial score (nSPS) is 12.1. The zero-order valence-corrected chi connectivity index (χ0v) is 13.7. The summed E-state index contributed by atoms with van der Waals surface area (Å²) in [5.41, 5.74) is -0.466. The van der Waals surface area contributed by atoms with Crippen molar-refractivity contribution in [2.45, 2.75) is 24.8 Å². The first kappa shape index (κ1) is 18.2. The van der Waals surface area contributed by atoms with Crippen LogP contribution in [0, 0.1) is 0 Å². The van der Waals surface area contributed by atoms with Crippen LogP contribution in [0.15, 0.2) is 17.0 Å². The van der Waals surface area contributed by atoms with Gasteiger partial charge >= 0.3 is 5.97 Å². The van der Waals surface area contributed by atoms with E-state index in [1.54, 1.807) is 13.8 Å². The first-order valence-electron chi connectivity index (χ1n) is 5.98. The Kier molecular flexibility index (Phi) is 6.01. The first-order chi connectivity index (χ1) is 9.64. The van der Waals surface area contributed by atoms with E-state index in [0.717, 1.165) is 10.4 Å². The second-order valence-electron chi connectivity index (χ2n) is 4.47. The predicted octanol–water partition coefficient (Wildman–Crippen LogP) is 2.08. The second-order valence-corrected chi connectivity index (χ2v) is 7.12. The van der Waals surface area contributed by atoms with Crippen molar-refractivity contribution in [3.8, 4) is 0 Å². The van der Waals surface area contributed by atoms with Gasteiger partial charge in [-0.05, 0) is 26.0 Å². The largest absolute Gasteiger partial charge is 0.478 e. The molecular formula is C12H15Cl2NO5S.